The van der Waals surface area contributed by atoms with Crippen molar-refractivity contribution in [1.82, 2.24) is 10.2 Å². The Morgan fingerprint density at radius 3 is 2.94 bits per heavy atom. The fraction of sp³-hybridized carbons (Fsp3) is 0.455. The third-order valence-corrected chi connectivity index (χ3v) is 3.04. The molecule has 0 bridgehead atoms. The van der Waals surface area contributed by atoms with Gasteiger partial charge in [-0.3, -0.25) is 5.10 Å². The number of nitrogens with zero attached hydrogens (tertiary/aromatic N) is 1. The van der Waals surface area contributed by atoms with Crippen molar-refractivity contribution in [2.75, 3.05) is 6.61 Å². The topological polar surface area (TPSA) is 55.0 Å². The highest BCUT2D eigenvalue weighted by atomic mass is 19.3. The van der Waals surface area contributed by atoms with Crippen molar-refractivity contribution in [2.45, 2.75) is 18.8 Å². The summed E-state index contributed by atoms with van der Waals surface area (Å²) in [4.78, 5) is 11.6. The first-order valence-corrected chi connectivity index (χ1v) is 5.22. The highest BCUT2D eigenvalue weighted by Crippen LogP contribution is 2.55. The van der Waals surface area contributed by atoms with E-state index in [0.29, 0.717) is 0 Å². The Balaban J connectivity index is 2.08. The molecule has 0 saturated heterocycles. The van der Waals surface area contributed by atoms with Crippen molar-refractivity contribution in [1.29, 1.82) is 0 Å². The summed E-state index contributed by atoms with van der Waals surface area (Å²) in [6.07, 6.45) is 0. The monoisotopic (exact) mass is 238 g/mol. The summed E-state index contributed by atoms with van der Waals surface area (Å²) >= 11 is 0. The van der Waals surface area contributed by atoms with Crippen molar-refractivity contribution in [3.8, 4) is 11.8 Å². The number of H-pyrrole nitrogens is 1. The van der Waals surface area contributed by atoms with Gasteiger partial charge in [-0.25, -0.2) is 4.79 Å². The smallest absolute Gasteiger partial charge is 0.359 e. The van der Waals surface area contributed by atoms with Gasteiger partial charge in [0.05, 0.1) is 12.5 Å². The molecule has 2 atom stereocenters. The SMILES string of the molecule is CCOC(=O)c1n[nH]c2c1C1C#CC1C2(F)F. The van der Waals surface area contributed by atoms with Crippen LogP contribution in [0.3, 0.4) is 0 Å². The van der Waals surface area contributed by atoms with Crippen LogP contribution >= 0.6 is 0 Å². The van der Waals surface area contributed by atoms with Crippen LogP contribution in [0.1, 0.15) is 34.6 Å². The molecular weight excluding hydrogens is 230 g/mol. The predicted molar refractivity (Wildman–Crippen MR) is 52.4 cm³/mol. The lowest BCUT2D eigenvalue weighted by Crippen LogP contribution is -2.26. The zero-order chi connectivity index (χ0) is 12.2. The predicted octanol–water partition coefficient (Wildman–Crippen LogP) is 1.41. The molecule has 0 amide bonds. The molecule has 2 aliphatic carbocycles. The molecule has 0 saturated carbocycles. The second kappa shape index (κ2) is 3.06. The fourth-order valence-corrected chi connectivity index (χ4v) is 2.21. The van der Waals surface area contributed by atoms with Crippen LogP contribution in [0, 0.1) is 17.8 Å². The lowest BCUT2D eigenvalue weighted by molar-refractivity contribution is -0.0412. The Morgan fingerprint density at radius 2 is 2.35 bits per heavy atom. The summed E-state index contributed by atoms with van der Waals surface area (Å²) in [7, 11) is 0. The number of nitrogens with one attached hydrogen (secondary N) is 1. The number of rotatable bonds is 2. The van der Waals surface area contributed by atoms with Gasteiger partial charge in [0.2, 0.25) is 0 Å². The zero-order valence-electron chi connectivity index (χ0n) is 8.88. The van der Waals surface area contributed by atoms with Gasteiger partial charge < -0.3 is 4.74 Å². The van der Waals surface area contributed by atoms with E-state index in [-0.39, 0.29) is 23.6 Å². The average Bonchev–Trinajstić information content (AvgIpc) is 2.65. The van der Waals surface area contributed by atoms with E-state index in [2.05, 4.69) is 22.0 Å². The Labute approximate surface area is 95.3 Å². The number of carbonyl (C=O) groups is 1. The first kappa shape index (κ1) is 10.3. The number of halogens is 2. The molecule has 6 heteroatoms. The highest BCUT2D eigenvalue weighted by molar-refractivity contribution is 5.90. The number of aromatic nitrogens is 2. The second-order valence-electron chi connectivity index (χ2n) is 3.95. The van der Waals surface area contributed by atoms with Crippen molar-refractivity contribution < 1.29 is 18.3 Å². The number of hydrogen-bond donors (Lipinski definition) is 1. The first-order chi connectivity index (χ1) is 8.07. The van der Waals surface area contributed by atoms with Gasteiger partial charge in [0.1, 0.15) is 11.6 Å². The molecule has 0 radical (unpaired) electrons. The van der Waals surface area contributed by atoms with Crippen molar-refractivity contribution in [3.05, 3.63) is 17.0 Å². The Hall–Kier alpha value is -1.90. The maximum atomic E-state index is 13.8. The number of aromatic amines is 1. The van der Waals surface area contributed by atoms with Crippen molar-refractivity contribution in [3.63, 3.8) is 0 Å². The van der Waals surface area contributed by atoms with E-state index in [0.717, 1.165) is 0 Å². The molecule has 0 aliphatic heterocycles. The summed E-state index contributed by atoms with van der Waals surface area (Å²) in [5.41, 5.74) is -0.173. The van der Waals surface area contributed by atoms with Gasteiger partial charge in [0, 0.05) is 5.56 Å². The van der Waals surface area contributed by atoms with Crippen LogP contribution in [0.4, 0.5) is 8.78 Å². The molecular formula is C11H8F2N2O2. The van der Waals surface area contributed by atoms with E-state index >= 15 is 0 Å². The molecule has 17 heavy (non-hydrogen) atoms. The van der Waals surface area contributed by atoms with Crippen LogP contribution in [0.5, 0.6) is 0 Å². The fourth-order valence-electron chi connectivity index (χ4n) is 2.21. The van der Waals surface area contributed by atoms with Crippen molar-refractivity contribution >= 4 is 5.97 Å². The van der Waals surface area contributed by atoms with Crippen LogP contribution in [0.2, 0.25) is 0 Å². The van der Waals surface area contributed by atoms with Gasteiger partial charge >= 0.3 is 11.9 Å². The Bertz CT molecular complexity index is 568. The molecule has 4 nitrogen and oxygen atoms in total. The minimum Gasteiger partial charge on any atom is -0.461 e. The Kier molecular flexibility index (Phi) is 1.85. The van der Waals surface area contributed by atoms with Crippen LogP contribution in [0.15, 0.2) is 0 Å². The number of carbonyl (C=O) groups excluding carboxylic acids is 1. The van der Waals surface area contributed by atoms with E-state index in [1.54, 1.807) is 6.92 Å². The molecule has 88 valence electrons. The van der Waals surface area contributed by atoms with Crippen LogP contribution in [-0.2, 0) is 10.7 Å². The second-order valence-corrected chi connectivity index (χ2v) is 3.95. The number of ether oxygens (including phenoxy) is 1. The molecule has 0 fully saturated rings. The van der Waals surface area contributed by atoms with Crippen LogP contribution in [-0.4, -0.2) is 22.8 Å². The van der Waals surface area contributed by atoms with E-state index in [4.69, 9.17) is 4.74 Å². The Morgan fingerprint density at radius 1 is 1.59 bits per heavy atom. The standard InChI is InChI=1S/C11H8F2N2O2/c1-2-17-10(16)8-7-5-3-4-6(5)11(12,13)9(7)15-14-8/h5-6H,2H2,1H3,(H,14,15). The summed E-state index contributed by atoms with van der Waals surface area (Å²) in [6, 6.07) is 0. The van der Waals surface area contributed by atoms with Gasteiger partial charge in [-0.1, -0.05) is 11.8 Å². The van der Waals surface area contributed by atoms with Gasteiger partial charge in [0.25, 0.3) is 0 Å². The quantitative estimate of drug-likeness (QED) is 0.626. The lowest BCUT2D eigenvalue weighted by Gasteiger charge is -2.22. The van der Waals surface area contributed by atoms with Gasteiger partial charge in [-0.05, 0) is 6.92 Å². The summed E-state index contributed by atoms with van der Waals surface area (Å²) in [5, 5.41) is 5.86. The molecule has 2 aliphatic rings. The maximum Gasteiger partial charge on any atom is 0.359 e. The molecule has 1 heterocycles. The summed E-state index contributed by atoms with van der Waals surface area (Å²) in [5.74, 6) is -0.290. The molecule has 0 aromatic carbocycles. The number of fused-ring (bicyclic) bond motifs is 3. The third kappa shape index (κ3) is 1.11. The maximum absolute atomic E-state index is 13.8. The van der Waals surface area contributed by atoms with Crippen molar-refractivity contribution in [2.24, 2.45) is 5.92 Å². The molecule has 1 N–H and O–H groups in total. The normalized spacial score (nSPS) is 26.3. The molecule has 1 aromatic heterocycles. The van der Waals surface area contributed by atoms with Crippen LogP contribution < -0.4 is 0 Å². The summed E-state index contributed by atoms with van der Waals surface area (Å²) < 4.78 is 32.3. The minimum absolute atomic E-state index is 0.0666. The van der Waals surface area contributed by atoms with E-state index in [9.17, 15) is 13.6 Å². The lowest BCUT2D eigenvalue weighted by atomic mass is 9.84. The van der Waals surface area contributed by atoms with E-state index in [1.165, 1.54) is 0 Å². The molecule has 1 aromatic rings. The van der Waals surface area contributed by atoms with Gasteiger partial charge in [-0.15, -0.1) is 0 Å². The number of alkyl halides is 2. The molecule has 2 unspecified atom stereocenters. The summed E-state index contributed by atoms with van der Waals surface area (Å²) in [6.45, 7) is 1.82. The number of esters is 1. The van der Waals surface area contributed by atoms with Crippen LogP contribution in [0.25, 0.3) is 0 Å². The van der Waals surface area contributed by atoms with Gasteiger partial charge in [0.15, 0.2) is 5.69 Å². The minimum atomic E-state index is -3.05. The van der Waals surface area contributed by atoms with Gasteiger partial charge in [-0.2, -0.15) is 13.9 Å². The highest BCUT2D eigenvalue weighted by Gasteiger charge is 2.59. The number of hydrogen-bond acceptors (Lipinski definition) is 3. The zero-order valence-corrected chi connectivity index (χ0v) is 8.88. The molecule has 3 rings (SSSR count). The third-order valence-electron chi connectivity index (χ3n) is 3.04. The average molecular weight is 238 g/mol. The van der Waals surface area contributed by atoms with E-state index in [1.807, 2.05) is 0 Å². The first-order valence-electron chi connectivity index (χ1n) is 5.22. The van der Waals surface area contributed by atoms with E-state index < -0.39 is 23.7 Å². The largest absolute Gasteiger partial charge is 0.461 e. The molecule has 0 spiro atoms.